The van der Waals surface area contributed by atoms with Gasteiger partial charge in [-0.3, -0.25) is 4.68 Å². The lowest BCUT2D eigenvalue weighted by atomic mass is 9.95. The van der Waals surface area contributed by atoms with Crippen LogP contribution in [0, 0.1) is 5.92 Å². The molecule has 0 amide bonds. The van der Waals surface area contributed by atoms with E-state index in [1.165, 1.54) is 0 Å². The Labute approximate surface area is 120 Å². The Morgan fingerprint density at radius 3 is 2.89 bits per heavy atom. The Balaban J connectivity index is 2.21. The monoisotopic (exact) mass is 285 g/mol. The van der Waals surface area contributed by atoms with E-state index >= 15 is 0 Å². The van der Waals surface area contributed by atoms with Crippen molar-refractivity contribution in [1.82, 2.24) is 14.7 Å². The molecule has 1 aliphatic carbocycles. The highest BCUT2D eigenvalue weighted by Crippen LogP contribution is 2.45. The van der Waals surface area contributed by atoms with Gasteiger partial charge in [-0.2, -0.15) is 5.10 Å². The molecular formula is C14H24ClN3O. The van der Waals surface area contributed by atoms with Crippen LogP contribution in [0.3, 0.4) is 0 Å². The first-order valence-electron chi connectivity index (χ1n) is 7.05. The summed E-state index contributed by atoms with van der Waals surface area (Å²) in [5, 5.41) is 15.8. The van der Waals surface area contributed by atoms with Crippen LogP contribution >= 0.6 is 11.6 Å². The standard InChI is InChI=1S/C14H24ClN3O/c1-4-11-5-6-14(19,9-11)13-12(15)10-16-18(13)8-7-17(2)3/h10-11,19H,4-9H2,1-3H3. The van der Waals surface area contributed by atoms with Crippen LogP contribution in [-0.4, -0.2) is 40.4 Å². The minimum Gasteiger partial charge on any atom is -0.384 e. The highest BCUT2D eigenvalue weighted by Gasteiger charge is 2.41. The number of rotatable bonds is 5. The number of aliphatic hydroxyl groups is 1. The summed E-state index contributed by atoms with van der Waals surface area (Å²) in [6, 6.07) is 0. The summed E-state index contributed by atoms with van der Waals surface area (Å²) in [5.41, 5.74) is 0.0209. The molecule has 108 valence electrons. The van der Waals surface area contributed by atoms with E-state index < -0.39 is 5.60 Å². The van der Waals surface area contributed by atoms with Gasteiger partial charge in [0.2, 0.25) is 0 Å². The van der Waals surface area contributed by atoms with Gasteiger partial charge in [0, 0.05) is 6.54 Å². The van der Waals surface area contributed by atoms with E-state index in [-0.39, 0.29) is 0 Å². The first-order valence-corrected chi connectivity index (χ1v) is 7.43. The zero-order chi connectivity index (χ0) is 14.0. The zero-order valence-electron chi connectivity index (χ0n) is 12.1. The quantitative estimate of drug-likeness (QED) is 0.904. The van der Waals surface area contributed by atoms with Crippen LogP contribution in [0.5, 0.6) is 0 Å². The fourth-order valence-corrected chi connectivity index (χ4v) is 3.29. The second-order valence-corrected chi connectivity index (χ2v) is 6.32. The number of hydrogen-bond acceptors (Lipinski definition) is 3. The highest BCUT2D eigenvalue weighted by atomic mass is 35.5. The number of nitrogens with zero attached hydrogens (tertiary/aromatic N) is 3. The first-order chi connectivity index (χ1) is 8.96. The molecule has 1 N–H and O–H groups in total. The van der Waals surface area contributed by atoms with Crippen molar-refractivity contribution in [2.75, 3.05) is 20.6 Å². The maximum absolute atomic E-state index is 10.9. The van der Waals surface area contributed by atoms with Gasteiger partial charge in [0.25, 0.3) is 0 Å². The van der Waals surface area contributed by atoms with Crippen LogP contribution in [0.1, 0.15) is 38.3 Å². The average Bonchev–Trinajstić information content (AvgIpc) is 2.91. The van der Waals surface area contributed by atoms with E-state index in [0.717, 1.165) is 44.5 Å². The molecule has 1 aromatic heterocycles. The molecule has 0 aliphatic heterocycles. The average molecular weight is 286 g/mol. The van der Waals surface area contributed by atoms with E-state index in [1.807, 2.05) is 18.8 Å². The van der Waals surface area contributed by atoms with Gasteiger partial charge in [-0.1, -0.05) is 24.9 Å². The largest absolute Gasteiger partial charge is 0.384 e. The summed E-state index contributed by atoms with van der Waals surface area (Å²) in [6.07, 6.45) is 5.44. The van der Waals surface area contributed by atoms with Crippen LogP contribution in [-0.2, 0) is 12.1 Å². The van der Waals surface area contributed by atoms with Crippen molar-refractivity contribution >= 4 is 11.6 Å². The number of halogens is 1. The molecule has 5 heteroatoms. The minimum atomic E-state index is -0.791. The lowest BCUT2D eigenvalue weighted by molar-refractivity contribution is 0.0302. The van der Waals surface area contributed by atoms with Gasteiger partial charge in [-0.05, 0) is 39.3 Å². The van der Waals surface area contributed by atoms with Crippen LogP contribution in [0.25, 0.3) is 0 Å². The van der Waals surface area contributed by atoms with E-state index in [9.17, 15) is 5.11 Å². The topological polar surface area (TPSA) is 41.3 Å². The molecule has 0 radical (unpaired) electrons. The van der Waals surface area contributed by atoms with Gasteiger partial charge in [-0.25, -0.2) is 0 Å². The van der Waals surface area contributed by atoms with Crippen molar-refractivity contribution in [3.8, 4) is 0 Å². The van der Waals surface area contributed by atoms with Gasteiger partial charge in [0.05, 0.1) is 23.5 Å². The highest BCUT2D eigenvalue weighted by molar-refractivity contribution is 6.31. The minimum absolute atomic E-state index is 0.595. The van der Waals surface area contributed by atoms with E-state index in [2.05, 4.69) is 16.9 Å². The summed E-state index contributed by atoms with van der Waals surface area (Å²) in [7, 11) is 4.06. The van der Waals surface area contributed by atoms with Crippen LogP contribution in [0.4, 0.5) is 0 Å². The van der Waals surface area contributed by atoms with Gasteiger partial charge in [0.1, 0.15) is 5.60 Å². The summed E-state index contributed by atoms with van der Waals surface area (Å²) in [5.74, 6) is 0.596. The predicted molar refractivity (Wildman–Crippen MR) is 77.3 cm³/mol. The van der Waals surface area contributed by atoms with E-state index in [4.69, 9.17) is 11.6 Å². The molecule has 1 aliphatic rings. The summed E-state index contributed by atoms with van der Waals surface area (Å²) in [4.78, 5) is 2.10. The van der Waals surface area contributed by atoms with Crippen molar-refractivity contribution in [1.29, 1.82) is 0 Å². The molecule has 0 aromatic carbocycles. The second-order valence-electron chi connectivity index (χ2n) is 5.92. The van der Waals surface area contributed by atoms with Gasteiger partial charge in [-0.15, -0.1) is 0 Å². The van der Waals surface area contributed by atoms with Crippen molar-refractivity contribution in [2.45, 2.75) is 44.8 Å². The maximum Gasteiger partial charge on any atom is 0.108 e. The maximum atomic E-state index is 10.9. The molecule has 2 unspecified atom stereocenters. The molecule has 1 fully saturated rings. The Morgan fingerprint density at radius 2 is 2.32 bits per heavy atom. The smallest absolute Gasteiger partial charge is 0.108 e. The van der Waals surface area contributed by atoms with E-state index in [0.29, 0.717) is 10.9 Å². The lowest BCUT2D eigenvalue weighted by Gasteiger charge is -2.25. The molecule has 0 saturated heterocycles. The third-order valence-corrected chi connectivity index (χ3v) is 4.44. The molecule has 2 atom stereocenters. The van der Waals surface area contributed by atoms with Gasteiger partial charge in [0.15, 0.2) is 0 Å². The summed E-state index contributed by atoms with van der Waals surface area (Å²) in [6.45, 7) is 3.83. The predicted octanol–water partition coefficient (Wildman–Crippen LogP) is 2.50. The summed E-state index contributed by atoms with van der Waals surface area (Å²) < 4.78 is 1.88. The van der Waals surface area contributed by atoms with Gasteiger partial charge >= 0.3 is 0 Å². The number of hydrogen-bond donors (Lipinski definition) is 1. The molecule has 0 bridgehead atoms. The molecule has 1 heterocycles. The Bertz CT molecular complexity index is 432. The Hall–Kier alpha value is -0.580. The lowest BCUT2D eigenvalue weighted by Crippen LogP contribution is -2.29. The van der Waals surface area contributed by atoms with Crippen molar-refractivity contribution in [3.05, 3.63) is 16.9 Å². The normalized spacial score (nSPS) is 27.4. The van der Waals surface area contributed by atoms with Crippen molar-refractivity contribution in [2.24, 2.45) is 5.92 Å². The fourth-order valence-electron chi connectivity index (χ4n) is 2.98. The SMILES string of the molecule is CCC1CCC(O)(c2c(Cl)cnn2CCN(C)C)C1. The van der Waals surface area contributed by atoms with Gasteiger partial charge < -0.3 is 10.0 Å². The van der Waals surface area contributed by atoms with Crippen molar-refractivity contribution < 1.29 is 5.11 Å². The van der Waals surface area contributed by atoms with E-state index in [1.54, 1.807) is 6.20 Å². The van der Waals surface area contributed by atoms with Crippen LogP contribution < -0.4 is 0 Å². The fraction of sp³-hybridized carbons (Fsp3) is 0.786. The number of aromatic nitrogens is 2. The molecule has 0 spiro atoms. The molecular weight excluding hydrogens is 262 g/mol. The Morgan fingerprint density at radius 1 is 1.58 bits per heavy atom. The molecule has 1 saturated carbocycles. The second kappa shape index (κ2) is 5.81. The first kappa shape index (κ1) is 14.8. The van der Waals surface area contributed by atoms with Crippen LogP contribution in [0.2, 0.25) is 5.02 Å². The molecule has 19 heavy (non-hydrogen) atoms. The third kappa shape index (κ3) is 3.12. The van der Waals surface area contributed by atoms with Crippen LogP contribution in [0.15, 0.2) is 6.20 Å². The molecule has 1 aromatic rings. The Kier molecular flexibility index (Phi) is 4.54. The third-order valence-electron chi connectivity index (χ3n) is 4.16. The van der Waals surface area contributed by atoms with Crippen molar-refractivity contribution in [3.63, 3.8) is 0 Å². The molecule has 4 nitrogen and oxygen atoms in total. The molecule has 2 rings (SSSR count). The summed E-state index contributed by atoms with van der Waals surface area (Å²) >= 11 is 6.26. The zero-order valence-corrected chi connectivity index (χ0v) is 12.8. The number of likely N-dealkylation sites (N-methyl/N-ethyl adjacent to an activating group) is 1.